The Morgan fingerprint density at radius 1 is 1.17 bits per heavy atom. The molecule has 3 aromatic rings. The highest BCUT2D eigenvalue weighted by Gasteiger charge is 2.14. The van der Waals surface area contributed by atoms with Crippen LogP contribution in [0.3, 0.4) is 0 Å². The number of hydrogen-bond donors (Lipinski definition) is 0. The third-order valence-electron chi connectivity index (χ3n) is 2.45. The van der Waals surface area contributed by atoms with Gasteiger partial charge in [-0.1, -0.05) is 24.3 Å². The molecule has 0 aliphatic rings. The van der Waals surface area contributed by atoms with E-state index < -0.39 is 0 Å². The van der Waals surface area contributed by atoms with Crippen LogP contribution in [0.2, 0.25) is 0 Å². The molecule has 0 N–H and O–H groups in total. The van der Waals surface area contributed by atoms with Gasteiger partial charge in [0.25, 0.3) is 5.12 Å². The van der Waals surface area contributed by atoms with Crippen molar-refractivity contribution >= 4 is 27.6 Å². The summed E-state index contributed by atoms with van der Waals surface area (Å²) in [6, 6.07) is 11.0. The van der Waals surface area contributed by atoms with Crippen LogP contribution in [-0.2, 0) is 0 Å². The number of hydrogen-bond acceptors (Lipinski definition) is 5. The molecule has 0 bridgehead atoms. The van der Waals surface area contributed by atoms with Gasteiger partial charge < -0.3 is 4.42 Å². The van der Waals surface area contributed by atoms with Crippen molar-refractivity contribution < 1.29 is 9.21 Å². The SMILES string of the molecule is O=C(Sc1nncc2ccccc12)c1ccco1. The van der Waals surface area contributed by atoms with Crippen LogP contribution in [0.25, 0.3) is 10.8 Å². The van der Waals surface area contributed by atoms with Crippen molar-refractivity contribution in [2.24, 2.45) is 0 Å². The average Bonchev–Trinajstić information content (AvgIpc) is 2.93. The largest absolute Gasteiger partial charge is 0.460 e. The van der Waals surface area contributed by atoms with Crippen molar-refractivity contribution in [2.75, 3.05) is 0 Å². The third kappa shape index (κ3) is 2.00. The predicted molar refractivity (Wildman–Crippen MR) is 68.4 cm³/mol. The molecule has 0 aliphatic carbocycles. The van der Waals surface area contributed by atoms with Gasteiger partial charge in [0.2, 0.25) is 0 Å². The number of benzene rings is 1. The standard InChI is InChI=1S/C13H8N2O2S/c16-13(11-6-3-7-17-11)18-12-10-5-2-1-4-9(10)8-14-15-12/h1-8H. The van der Waals surface area contributed by atoms with Crippen LogP contribution in [0.1, 0.15) is 10.6 Å². The fraction of sp³-hybridized carbons (Fsp3) is 0. The molecule has 0 saturated carbocycles. The van der Waals surface area contributed by atoms with Gasteiger partial charge in [0.1, 0.15) is 5.03 Å². The molecular formula is C13H8N2O2S. The Morgan fingerprint density at radius 2 is 2.06 bits per heavy atom. The van der Waals surface area contributed by atoms with Gasteiger partial charge in [-0.05, 0) is 23.9 Å². The van der Waals surface area contributed by atoms with Gasteiger partial charge in [-0.15, -0.1) is 5.10 Å². The highest BCUT2D eigenvalue weighted by Crippen LogP contribution is 2.27. The summed E-state index contributed by atoms with van der Waals surface area (Å²) in [5.74, 6) is 0.315. The maximum absolute atomic E-state index is 11.9. The fourth-order valence-electron chi connectivity index (χ4n) is 1.61. The van der Waals surface area contributed by atoms with Gasteiger partial charge in [-0.3, -0.25) is 4.79 Å². The van der Waals surface area contributed by atoms with Crippen molar-refractivity contribution in [1.82, 2.24) is 10.2 Å². The summed E-state index contributed by atoms with van der Waals surface area (Å²) < 4.78 is 5.06. The minimum Gasteiger partial charge on any atom is -0.460 e. The number of carbonyl (C=O) groups is 1. The van der Waals surface area contributed by atoms with Crippen molar-refractivity contribution in [2.45, 2.75) is 5.03 Å². The first-order chi connectivity index (χ1) is 8.84. The number of fused-ring (bicyclic) bond motifs is 1. The Labute approximate surface area is 107 Å². The molecule has 4 nitrogen and oxygen atoms in total. The zero-order chi connectivity index (χ0) is 12.4. The molecule has 88 valence electrons. The Kier molecular flexibility index (Phi) is 2.82. The van der Waals surface area contributed by atoms with Crippen molar-refractivity contribution in [3.05, 3.63) is 54.6 Å². The van der Waals surface area contributed by atoms with E-state index in [0.717, 1.165) is 22.5 Å². The first kappa shape index (κ1) is 11.0. The van der Waals surface area contributed by atoms with Crippen LogP contribution < -0.4 is 0 Å². The fourth-order valence-corrected chi connectivity index (χ4v) is 2.39. The molecule has 0 aliphatic heterocycles. The quantitative estimate of drug-likeness (QED) is 0.659. The van der Waals surface area contributed by atoms with Gasteiger partial charge in [0, 0.05) is 10.8 Å². The van der Waals surface area contributed by atoms with E-state index in [2.05, 4.69) is 10.2 Å². The highest BCUT2D eigenvalue weighted by atomic mass is 32.2. The summed E-state index contributed by atoms with van der Waals surface area (Å²) in [6.45, 7) is 0. The van der Waals surface area contributed by atoms with Gasteiger partial charge in [0.05, 0.1) is 12.5 Å². The number of rotatable bonds is 2. The van der Waals surface area contributed by atoms with Gasteiger partial charge in [-0.25, -0.2) is 0 Å². The van der Waals surface area contributed by atoms with Crippen LogP contribution in [0, 0.1) is 0 Å². The van der Waals surface area contributed by atoms with Crippen molar-refractivity contribution in [3.63, 3.8) is 0 Å². The predicted octanol–water partition coefficient (Wildman–Crippen LogP) is 3.16. The first-order valence-corrected chi connectivity index (χ1v) is 6.12. The average molecular weight is 256 g/mol. The molecule has 18 heavy (non-hydrogen) atoms. The first-order valence-electron chi connectivity index (χ1n) is 5.31. The van der Waals surface area contributed by atoms with Crippen LogP contribution in [0.5, 0.6) is 0 Å². The van der Waals surface area contributed by atoms with E-state index in [0.29, 0.717) is 10.8 Å². The number of aromatic nitrogens is 2. The molecule has 2 heterocycles. The second-order valence-electron chi connectivity index (χ2n) is 3.60. The Morgan fingerprint density at radius 3 is 2.89 bits per heavy atom. The summed E-state index contributed by atoms with van der Waals surface area (Å²) in [5.41, 5.74) is 0. The third-order valence-corrected chi connectivity index (χ3v) is 3.33. The Hall–Kier alpha value is -2.14. The van der Waals surface area contributed by atoms with E-state index in [1.807, 2.05) is 24.3 Å². The molecule has 3 rings (SSSR count). The summed E-state index contributed by atoms with van der Waals surface area (Å²) in [5, 5.41) is 10.2. The van der Waals surface area contributed by atoms with Crippen LogP contribution in [0.15, 0.2) is 58.3 Å². The molecular weight excluding hydrogens is 248 g/mol. The summed E-state index contributed by atoms with van der Waals surface area (Å²) in [7, 11) is 0. The van der Waals surface area contributed by atoms with Gasteiger partial charge in [0.15, 0.2) is 5.76 Å². The van der Waals surface area contributed by atoms with Crippen molar-refractivity contribution in [3.8, 4) is 0 Å². The van der Waals surface area contributed by atoms with Crippen molar-refractivity contribution in [1.29, 1.82) is 0 Å². The normalized spacial score (nSPS) is 10.7. The number of thioether (sulfide) groups is 1. The van der Waals surface area contributed by atoms with E-state index in [4.69, 9.17) is 4.42 Å². The monoisotopic (exact) mass is 256 g/mol. The molecule has 0 amide bonds. The molecule has 0 saturated heterocycles. The molecule has 2 aromatic heterocycles. The maximum atomic E-state index is 11.9. The highest BCUT2D eigenvalue weighted by molar-refractivity contribution is 8.14. The second-order valence-corrected chi connectivity index (χ2v) is 4.57. The summed E-state index contributed by atoms with van der Waals surface area (Å²) in [6.07, 6.45) is 3.15. The smallest absolute Gasteiger partial charge is 0.260 e. The number of furan rings is 1. The van der Waals surface area contributed by atoms with E-state index in [9.17, 15) is 4.79 Å². The summed E-state index contributed by atoms with van der Waals surface area (Å²) >= 11 is 1.02. The number of nitrogens with zero attached hydrogens (tertiary/aromatic N) is 2. The van der Waals surface area contributed by atoms with E-state index in [-0.39, 0.29) is 5.12 Å². The van der Waals surface area contributed by atoms with E-state index in [1.54, 1.807) is 18.3 Å². The van der Waals surface area contributed by atoms with Crippen LogP contribution in [-0.4, -0.2) is 15.3 Å². The lowest BCUT2D eigenvalue weighted by Crippen LogP contribution is -1.94. The lowest BCUT2D eigenvalue weighted by molar-refractivity contribution is 0.106. The lowest BCUT2D eigenvalue weighted by atomic mass is 10.2. The molecule has 0 unspecified atom stereocenters. The number of carbonyl (C=O) groups excluding carboxylic acids is 1. The molecule has 0 radical (unpaired) electrons. The second kappa shape index (κ2) is 4.62. The molecule has 1 aromatic carbocycles. The van der Waals surface area contributed by atoms with Gasteiger partial charge in [-0.2, -0.15) is 5.10 Å². The van der Waals surface area contributed by atoms with E-state index in [1.165, 1.54) is 6.26 Å². The molecule has 5 heteroatoms. The van der Waals surface area contributed by atoms with Crippen LogP contribution in [0.4, 0.5) is 0 Å². The molecule has 0 atom stereocenters. The van der Waals surface area contributed by atoms with Gasteiger partial charge >= 0.3 is 0 Å². The zero-order valence-electron chi connectivity index (χ0n) is 9.24. The zero-order valence-corrected chi connectivity index (χ0v) is 10.1. The maximum Gasteiger partial charge on any atom is 0.260 e. The Balaban J connectivity index is 1.98. The topological polar surface area (TPSA) is 56.0 Å². The molecule has 0 spiro atoms. The van der Waals surface area contributed by atoms with E-state index >= 15 is 0 Å². The van der Waals surface area contributed by atoms with Crippen LogP contribution >= 0.6 is 11.8 Å². The minimum absolute atomic E-state index is 0.175. The molecule has 0 fully saturated rings. The summed E-state index contributed by atoms with van der Waals surface area (Å²) in [4.78, 5) is 11.9. The Bertz CT molecular complexity index is 690. The lowest BCUT2D eigenvalue weighted by Gasteiger charge is -2.01. The minimum atomic E-state index is -0.175.